The van der Waals surface area contributed by atoms with Gasteiger partial charge in [-0.15, -0.1) is 0 Å². The molecule has 3 aromatic carbocycles. The SMILES string of the molecule is S=C(NCC1(c2ccc(Cl)cc2)CCCCC1)Nc1ccc(Nc2ccc3ccccc3c2)nc1. The molecule has 1 aliphatic carbocycles. The molecule has 0 bridgehead atoms. The monoisotopic (exact) mass is 500 g/mol. The van der Waals surface area contributed by atoms with Crippen LogP contribution in [0.15, 0.2) is 85.1 Å². The summed E-state index contributed by atoms with van der Waals surface area (Å²) in [5.41, 5.74) is 3.29. The molecule has 0 saturated heterocycles. The Balaban J connectivity index is 1.19. The van der Waals surface area contributed by atoms with Crippen LogP contribution in [0.25, 0.3) is 10.8 Å². The van der Waals surface area contributed by atoms with Crippen LogP contribution >= 0.6 is 23.8 Å². The predicted octanol–water partition coefficient (Wildman–Crippen LogP) is 7.82. The summed E-state index contributed by atoms with van der Waals surface area (Å²) in [6.07, 6.45) is 7.87. The number of hydrogen-bond acceptors (Lipinski definition) is 3. The Kier molecular flexibility index (Phi) is 7.16. The zero-order valence-corrected chi connectivity index (χ0v) is 21.1. The minimum atomic E-state index is 0.0838. The van der Waals surface area contributed by atoms with Crippen molar-refractivity contribution in [2.45, 2.75) is 37.5 Å². The van der Waals surface area contributed by atoms with Crippen LogP contribution in [0, 0.1) is 0 Å². The summed E-state index contributed by atoms with van der Waals surface area (Å²) >= 11 is 11.8. The van der Waals surface area contributed by atoms with Gasteiger partial charge >= 0.3 is 0 Å². The summed E-state index contributed by atoms with van der Waals surface area (Å²) < 4.78 is 0. The Morgan fingerprint density at radius 1 is 0.857 bits per heavy atom. The van der Waals surface area contributed by atoms with Crippen LogP contribution in [-0.2, 0) is 5.41 Å². The lowest BCUT2D eigenvalue weighted by Gasteiger charge is -2.38. The van der Waals surface area contributed by atoms with Gasteiger partial charge in [-0.2, -0.15) is 0 Å². The molecule has 0 amide bonds. The molecule has 178 valence electrons. The van der Waals surface area contributed by atoms with Gasteiger partial charge in [0.15, 0.2) is 5.11 Å². The van der Waals surface area contributed by atoms with Gasteiger partial charge in [-0.3, -0.25) is 0 Å². The van der Waals surface area contributed by atoms with Crippen LogP contribution < -0.4 is 16.0 Å². The maximum atomic E-state index is 6.14. The normalized spacial score (nSPS) is 14.9. The van der Waals surface area contributed by atoms with Crippen molar-refractivity contribution in [1.82, 2.24) is 10.3 Å². The summed E-state index contributed by atoms with van der Waals surface area (Å²) in [4.78, 5) is 4.55. The number of hydrogen-bond donors (Lipinski definition) is 3. The van der Waals surface area contributed by atoms with E-state index >= 15 is 0 Å². The van der Waals surface area contributed by atoms with Gasteiger partial charge in [-0.05, 0) is 77.8 Å². The molecule has 0 unspecified atom stereocenters. The second-order valence-electron chi connectivity index (χ2n) is 9.27. The highest BCUT2D eigenvalue weighted by Gasteiger charge is 2.33. The number of thiocarbonyl (C=S) groups is 1. The van der Waals surface area contributed by atoms with Crippen molar-refractivity contribution in [3.05, 3.63) is 95.6 Å². The number of rotatable bonds is 6. The molecule has 1 saturated carbocycles. The van der Waals surface area contributed by atoms with E-state index in [-0.39, 0.29) is 5.41 Å². The van der Waals surface area contributed by atoms with Crippen molar-refractivity contribution in [3.63, 3.8) is 0 Å². The van der Waals surface area contributed by atoms with Crippen molar-refractivity contribution >= 4 is 56.9 Å². The maximum Gasteiger partial charge on any atom is 0.170 e. The molecular weight excluding hydrogens is 472 g/mol. The predicted molar refractivity (Wildman–Crippen MR) is 152 cm³/mol. The lowest BCUT2D eigenvalue weighted by atomic mass is 9.69. The second kappa shape index (κ2) is 10.6. The van der Waals surface area contributed by atoms with Crippen LogP contribution in [-0.4, -0.2) is 16.6 Å². The van der Waals surface area contributed by atoms with Crippen LogP contribution in [0.1, 0.15) is 37.7 Å². The van der Waals surface area contributed by atoms with E-state index in [1.165, 1.54) is 35.6 Å². The Labute approximate surface area is 217 Å². The third-order valence-corrected chi connectivity index (χ3v) is 7.40. The number of pyridine rings is 1. The molecule has 0 radical (unpaired) electrons. The molecule has 1 aliphatic rings. The molecule has 1 heterocycles. The lowest BCUT2D eigenvalue weighted by molar-refractivity contribution is 0.292. The first-order chi connectivity index (χ1) is 17.1. The standard InChI is InChI=1S/C29H29ClN4S/c30-24-11-9-23(10-12-24)29(16-4-1-5-17-29)20-32-28(35)34-26-14-15-27(31-19-26)33-25-13-8-21-6-2-3-7-22(21)18-25/h2-3,6-15,18-19H,1,4-5,16-17,20H2,(H,31,33)(H2,32,34,35). The van der Waals surface area contributed by atoms with Gasteiger partial charge in [0.1, 0.15) is 5.82 Å². The summed E-state index contributed by atoms with van der Waals surface area (Å²) in [6, 6.07) is 26.9. The fraction of sp³-hybridized carbons (Fsp3) is 0.241. The van der Waals surface area contributed by atoms with Crippen molar-refractivity contribution < 1.29 is 0 Å². The Morgan fingerprint density at radius 3 is 2.34 bits per heavy atom. The molecule has 0 spiro atoms. The quantitative estimate of drug-likeness (QED) is 0.235. The fourth-order valence-electron chi connectivity index (χ4n) is 4.98. The highest BCUT2D eigenvalue weighted by Crippen LogP contribution is 2.39. The zero-order chi connectivity index (χ0) is 24.1. The van der Waals surface area contributed by atoms with Crippen molar-refractivity contribution in [2.75, 3.05) is 17.2 Å². The highest BCUT2D eigenvalue weighted by molar-refractivity contribution is 7.80. The van der Waals surface area contributed by atoms with Crippen LogP contribution in [0.2, 0.25) is 5.02 Å². The third kappa shape index (κ3) is 5.75. The molecule has 0 atom stereocenters. The third-order valence-electron chi connectivity index (χ3n) is 6.90. The van der Waals surface area contributed by atoms with Gasteiger partial charge in [0, 0.05) is 22.7 Å². The number of fused-ring (bicyclic) bond motifs is 1. The first-order valence-electron chi connectivity index (χ1n) is 12.1. The molecule has 4 nitrogen and oxygen atoms in total. The largest absolute Gasteiger partial charge is 0.362 e. The van der Waals surface area contributed by atoms with Crippen molar-refractivity contribution in [3.8, 4) is 0 Å². The number of aromatic nitrogens is 1. The van der Waals surface area contributed by atoms with Gasteiger partial charge < -0.3 is 16.0 Å². The van der Waals surface area contributed by atoms with E-state index in [9.17, 15) is 0 Å². The fourth-order valence-corrected chi connectivity index (χ4v) is 5.30. The molecule has 35 heavy (non-hydrogen) atoms. The maximum absolute atomic E-state index is 6.14. The van der Waals surface area contributed by atoms with E-state index in [4.69, 9.17) is 23.8 Å². The molecule has 6 heteroatoms. The van der Waals surface area contributed by atoms with E-state index in [1.54, 1.807) is 6.20 Å². The molecule has 4 aromatic rings. The minimum Gasteiger partial charge on any atom is -0.362 e. The molecule has 3 N–H and O–H groups in total. The van der Waals surface area contributed by atoms with Crippen molar-refractivity contribution in [2.24, 2.45) is 0 Å². The van der Waals surface area contributed by atoms with Crippen LogP contribution in [0.4, 0.5) is 17.2 Å². The Morgan fingerprint density at radius 2 is 1.60 bits per heavy atom. The van der Waals surface area contributed by atoms with E-state index in [2.05, 4.69) is 69.5 Å². The highest BCUT2D eigenvalue weighted by atomic mass is 35.5. The average molecular weight is 501 g/mol. The second-order valence-corrected chi connectivity index (χ2v) is 10.1. The van der Waals surface area contributed by atoms with E-state index < -0.39 is 0 Å². The topological polar surface area (TPSA) is 49.0 Å². The van der Waals surface area contributed by atoms with Gasteiger partial charge in [0.2, 0.25) is 0 Å². The number of nitrogens with zero attached hydrogens (tertiary/aromatic N) is 1. The van der Waals surface area contributed by atoms with Gasteiger partial charge in [-0.1, -0.05) is 73.3 Å². The first kappa shape index (κ1) is 23.6. The first-order valence-corrected chi connectivity index (χ1v) is 12.9. The van der Waals surface area contributed by atoms with E-state index in [1.807, 2.05) is 30.3 Å². The smallest absolute Gasteiger partial charge is 0.170 e. The zero-order valence-electron chi connectivity index (χ0n) is 19.6. The van der Waals surface area contributed by atoms with Gasteiger partial charge in [0.25, 0.3) is 0 Å². The van der Waals surface area contributed by atoms with Gasteiger partial charge in [0.05, 0.1) is 11.9 Å². The van der Waals surface area contributed by atoms with E-state index in [0.717, 1.165) is 41.6 Å². The average Bonchev–Trinajstić information content (AvgIpc) is 2.89. The number of anilines is 3. The van der Waals surface area contributed by atoms with Crippen molar-refractivity contribution in [1.29, 1.82) is 0 Å². The van der Waals surface area contributed by atoms with Crippen LogP contribution in [0.5, 0.6) is 0 Å². The Hall–Kier alpha value is -3.15. The molecular formula is C29H29ClN4S. The summed E-state index contributed by atoms with van der Waals surface area (Å²) in [5, 5.41) is 13.9. The van der Waals surface area contributed by atoms with Gasteiger partial charge in [-0.25, -0.2) is 4.98 Å². The number of halogens is 1. The minimum absolute atomic E-state index is 0.0838. The summed E-state index contributed by atoms with van der Waals surface area (Å²) in [5.74, 6) is 0.786. The number of nitrogens with one attached hydrogen (secondary N) is 3. The molecule has 5 rings (SSSR count). The lowest BCUT2D eigenvalue weighted by Crippen LogP contribution is -2.43. The molecule has 0 aliphatic heterocycles. The number of benzene rings is 3. The summed E-state index contributed by atoms with van der Waals surface area (Å²) in [7, 11) is 0. The van der Waals surface area contributed by atoms with Crippen LogP contribution in [0.3, 0.4) is 0 Å². The molecule has 1 aromatic heterocycles. The van der Waals surface area contributed by atoms with E-state index in [0.29, 0.717) is 5.11 Å². The molecule has 1 fully saturated rings. The summed E-state index contributed by atoms with van der Waals surface area (Å²) in [6.45, 7) is 0.801. The Bertz CT molecular complexity index is 1300.